The van der Waals surface area contributed by atoms with E-state index in [1.807, 2.05) is 19.9 Å². The van der Waals surface area contributed by atoms with Crippen LogP contribution in [0, 0.1) is 20.8 Å². The Morgan fingerprint density at radius 2 is 1.75 bits per heavy atom. The molecule has 0 aliphatic heterocycles. The van der Waals surface area contributed by atoms with E-state index in [1.54, 1.807) is 41.9 Å². The number of nitrogens with zero attached hydrogens (tertiary/aromatic N) is 4. The molecule has 0 amide bonds. The lowest BCUT2D eigenvalue weighted by atomic mass is 10.4. The van der Waals surface area contributed by atoms with Gasteiger partial charge in [-0.1, -0.05) is 15.9 Å². The van der Waals surface area contributed by atoms with Crippen molar-refractivity contribution in [1.82, 2.24) is 24.5 Å². The Kier molecular flexibility index (Phi) is 6.11. The van der Waals surface area contributed by atoms with Crippen LogP contribution in [0.3, 0.4) is 0 Å². The Balaban J connectivity index is 1.63. The van der Waals surface area contributed by atoms with Gasteiger partial charge in [0.15, 0.2) is 5.82 Å². The van der Waals surface area contributed by atoms with E-state index in [0.29, 0.717) is 24.0 Å². The first-order valence-electron chi connectivity index (χ1n) is 8.63. The zero-order valence-corrected chi connectivity index (χ0v) is 18.2. The minimum absolute atomic E-state index is 0.219. The zero-order valence-electron chi connectivity index (χ0n) is 15.8. The molecule has 0 aliphatic carbocycles. The maximum absolute atomic E-state index is 12.3. The maximum Gasteiger partial charge on any atom is 0.240 e. The van der Waals surface area contributed by atoms with Crippen LogP contribution in [0.15, 0.2) is 45.8 Å². The highest BCUT2D eigenvalue weighted by molar-refractivity contribution is 9.10. The summed E-state index contributed by atoms with van der Waals surface area (Å²) in [6.45, 7) is 6.28. The summed E-state index contributed by atoms with van der Waals surface area (Å²) in [5.41, 5.74) is 1.88. The predicted octanol–water partition coefficient (Wildman–Crippen LogP) is 2.74. The highest BCUT2D eigenvalue weighted by atomic mass is 79.9. The normalized spacial score (nSPS) is 11.6. The molecule has 8 nitrogen and oxygen atoms in total. The first kappa shape index (κ1) is 20.4. The van der Waals surface area contributed by atoms with Gasteiger partial charge in [0.25, 0.3) is 0 Å². The number of sulfonamides is 1. The Morgan fingerprint density at radius 3 is 2.39 bits per heavy atom. The van der Waals surface area contributed by atoms with Crippen molar-refractivity contribution < 1.29 is 8.42 Å². The van der Waals surface area contributed by atoms with Crippen molar-refractivity contribution >= 4 is 31.8 Å². The Morgan fingerprint density at radius 1 is 1.04 bits per heavy atom. The van der Waals surface area contributed by atoms with E-state index in [9.17, 15) is 8.42 Å². The number of halogens is 1. The number of aryl methyl sites for hydroxylation is 3. The lowest BCUT2D eigenvalue weighted by Crippen LogP contribution is -2.29. The monoisotopic (exact) mass is 464 g/mol. The standard InChI is InChI=1S/C18H21BrN6O2S/c1-12-10-13(2)25(24-12)18-11-17(22-14(3)23-18)20-8-9-21-28(26,27)16-6-4-15(19)5-7-16/h4-7,10-11,21H,8-9H2,1-3H3,(H,20,22,23). The van der Waals surface area contributed by atoms with Crippen LogP contribution in [0.2, 0.25) is 0 Å². The molecule has 10 heteroatoms. The van der Waals surface area contributed by atoms with Gasteiger partial charge in [0.2, 0.25) is 10.0 Å². The van der Waals surface area contributed by atoms with Crippen molar-refractivity contribution in [3.8, 4) is 5.82 Å². The smallest absolute Gasteiger partial charge is 0.240 e. The number of hydrogen-bond acceptors (Lipinski definition) is 6. The molecule has 0 bridgehead atoms. The van der Waals surface area contributed by atoms with Gasteiger partial charge in [-0.25, -0.2) is 27.8 Å². The van der Waals surface area contributed by atoms with Gasteiger partial charge < -0.3 is 5.32 Å². The lowest BCUT2D eigenvalue weighted by molar-refractivity contribution is 0.583. The van der Waals surface area contributed by atoms with Crippen LogP contribution >= 0.6 is 15.9 Å². The molecule has 2 heterocycles. The summed E-state index contributed by atoms with van der Waals surface area (Å²) in [4.78, 5) is 9.00. The van der Waals surface area contributed by atoms with Gasteiger partial charge in [-0.05, 0) is 51.1 Å². The van der Waals surface area contributed by atoms with E-state index < -0.39 is 10.0 Å². The molecule has 0 aliphatic rings. The summed E-state index contributed by atoms with van der Waals surface area (Å²) in [6, 6.07) is 10.2. The average Bonchev–Trinajstić information content (AvgIpc) is 2.97. The van der Waals surface area contributed by atoms with Crippen molar-refractivity contribution in [3.63, 3.8) is 0 Å². The summed E-state index contributed by atoms with van der Waals surface area (Å²) in [6.07, 6.45) is 0. The van der Waals surface area contributed by atoms with Crippen LogP contribution in [0.1, 0.15) is 17.2 Å². The van der Waals surface area contributed by atoms with E-state index >= 15 is 0 Å². The second-order valence-corrected chi connectivity index (χ2v) is 8.96. The summed E-state index contributed by atoms with van der Waals surface area (Å²) >= 11 is 3.29. The molecule has 0 radical (unpaired) electrons. The lowest BCUT2D eigenvalue weighted by Gasteiger charge is -2.11. The molecule has 148 valence electrons. The first-order valence-corrected chi connectivity index (χ1v) is 10.9. The number of nitrogens with one attached hydrogen (secondary N) is 2. The largest absolute Gasteiger partial charge is 0.369 e. The summed E-state index contributed by atoms with van der Waals surface area (Å²) in [5, 5.41) is 7.56. The van der Waals surface area contributed by atoms with Gasteiger partial charge in [0.1, 0.15) is 11.6 Å². The molecule has 3 aromatic rings. The van der Waals surface area contributed by atoms with E-state index in [2.05, 4.69) is 41.0 Å². The van der Waals surface area contributed by atoms with Gasteiger partial charge in [-0.2, -0.15) is 5.10 Å². The van der Waals surface area contributed by atoms with Crippen molar-refractivity contribution in [2.24, 2.45) is 0 Å². The third-order valence-corrected chi connectivity index (χ3v) is 5.90. The maximum atomic E-state index is 12.3. The first-order chi connectivity index (χ1) is 13.2. The average molecular weight is 465 g/mol. The second-order valence-electron chi connectivity index (χ2n) is 6.28. The highest BCUT2D eigenvalue weighted by Gasteiger charge is 2.13. The molecule has 2 N–H and O–H groups in total. The summed E-state index contributed by atoms with van der Waals surface area (Å²) in [5.74, 6) is 1.87. The number of aromatic nitrogens is 4. The third kappa shape index (κ3) is 4.94. The van der Waals surface area contributed by atoms with Gasteiger partial charge >= 0.3 is 0 Å². The van der Waals surface area contributed by atoms with Crippen molar-refractivity contribution in [2.45, 2.75) is 25.7 Å². The van der Waals surface area contributed by atoms with Gasteiger partial charge in [-0.15, -0.1) is 0 Å². The molecule has 2 aromatic heterocycles. The van der Waals surface area contributed by atoms with Crippen molar-refractivity contribution in [3.05, 3.63) is 58.1 Å². The van der Waals surface area contributed by atoms with Crippen LogP contribution < -0.4 is 10.0 Å². The van der Waals surface area contributed by atoms with E-state index in [0.717, 1.165) is 15.9 Å². The van der Waals surface area contributed by atoms with Crippen LogP contribution in [0.4, 0.5) is 5.82 Å². The molecule has 0 fully saturated rings. The van der Waals surface area contributed by atoms with Gasteiger partial charge in [0, 0.05) is 29.3 Å². The van der Waals surface area contributed by atoms with Crippen molar-refractivity contribution in [2.75, 3.05) is 18.4 Å². The van der Waals surface area contributed by atoms with Gasteiger partial charge in [-0.3, -0.25) is 0 Å². The van der Waals surface area contributed by atoms with Crippen LogP contribution in [-0.4, -0.2) is 41.3 Å². The molecular formula is C18H21BrN6O2S. The van der Waals surface area contributed by atoms with E-state index in [1.165, 1.54) is 0 Å². The summed E-state index contributed by atoms with van der Waals surface area (Å²) < 4.78 is 29.7. The zero-order chi connectivity index (χ0) is 20.3. The number of benzene rings is 1. The molecule has 0 saturated heterocycles. The number of anilines is 1. The fraction of sp³-hybridized carbons (Fsp3) is 0.278. The molecule has 28 heavy (non-hydrogen) atoms. The van der Waals surface area contributed by atoms with Crippen molar-refractivity contribution in [1.29, 1.82) is 0 Å². The number of hydrogen-bond donors (Lipinski definition) is 2. The second kappa shape index (κ2) is 8.38. The highest BCUT2D eigenvalue weighted by Crippen LogP contribution is 2.15. The molecule has 0 saturated carbocycles. The molecule has 3 rings (SSSR count). The fourth-order valence-corrected chi connectivity index (χ4v) is 3.98. The SMILES string of the molecule is Cc1cc(C)n(-c2cc(NCCNS(=O)(=O)c3ccc(Br)cc3)nc(C)n2)n1. The Hall–Kier alpha value is -2.30. The minimum Gasteiger partial charge on any atom is -0.369 e. The van der Waals surface area contributed by atoms with Crippen LogP contribution in [-0.2, 0) is 10.0 Å². The summed E-state index contributed by atoms with van der Waals surface area (Å²) in [7, 11) is -3.55. The molecule has 0 spiro atoms. The van der Waals surface area contributed by atoms with Crippen LogP contribution in [0.5, 0.6) is 0 Å². The third-order valence-electron chi connectivity index (χ3n) is 3.90. The van der Waals surface area contributed by atoms with E-state index in [4.69, 9.17) is 0 Å². The number of rotatable bonds is 7. The quantitative estimate of drug-likeness (QED) is 0.521. The molecule has 0 unspecified atom stereocenters. The van der Waals surface area contributed by atoms with E-state index in [-0.39, 0.29) is 11.4 Å². The molecular weight excluding hydrogens is 444 g/mol. The topological polar surface area (TPSA) is 102 Å². The Labute approximate surface area is 172 Å². The predicted molar refractivity (Wildman–Crippen MR) is 111 cm³/mol. The Bertz CT molecular complexity index is 1080. The molecule has 1 aromatic carbocycles. The van der Waals surface area contributed by atoms with Gasteiger partial charge in [0.05, 0.1) is 10.6 Å². The molecule has 0 atom stereocenters. The fourth-order valence-electron chi connectivity index (χ4n) is 2.68. The van der Waals surface area contributed by atoms with Crippen LogP contribution in [0.25, 0.3) is 5.82 Å². The minimum atomic E-state index is -3.55.